The summed E-state index contributed by atoms with van der Waals surface area (Å²) in [6, 6.07) is 8.36. The van der Waals surface area contributed by atoms with E-state index in [0.717, 1.165) is 25.4 Å². The monoisotopic (exact) mass is 387 g/mol. The van der Waals surface area contributed by atoms with Crippen LogP contribution in [0, 0.1) is 0 Å². The molecule has 152 valence electrons. The van der Waals surface area contributed by atoms with E-state index < -0.39 is 5.60 Å². The van der Waals surface area contributed by atoms with Gasteiger partial charge in [0.1, 0.15) is 5.75 Å². The van der Waals surface area contributed by atoms with E-state index in [2.05, 4.69) is 20.9 Å². The number of likely N-dealkylation sites (tertiary alicyclic amines) is 1. The van der Waals surface area contributed by atoms with Gasteiger partial charge in [-0.05, 0) is 44.4 Å². The normalized spacial score (nSPS) is 16.6. The molecule has 2 aromatic rings. The van der Waals surface area contributed by atoms with Gasteiger partial charge in [0.2, 0.25) is 5.88 Å². The lowest BCUT2D eigenvalue weighted by molar-refractivity contribution is -0.0303. The van der Waals surface area contributed by atoms with Crippen LogP contribution < -0.4 is 14.2 Å². The number of ether oxygens (including phenoxy) is 3. The number of hydrogen-bond acceptors (Lipinski definition) is 7. The summed E-state index contributed by atoms with van der Waals surface area (Å²) in [4.78, 5) is 10.9. The van der Waals surface area contributed by atoms with Gasteiger partial charge < -0.3 is 19.3 Å². The Morgan fingerprint density at radius 2 is 1.89 bits per heavy atom. The van der Waals surface area contributed by atoms with Gasteiger partial charge >= 0.3 is 6.01 Å². The van der Waals surface area contributed by atoms with Crippen LogP contribution in [0.3, 0.4) is 0 Å². The number of piperidine rings is 1. The molecule has 1 aromatic carbocycles. The summed E-state index contributed by atoms with van der Waals surface area (Å²) in [5.41, 5.74) is 0.836. The first-order valence-corrected chi connectivity index (χ1v) is 9.78. The molecule has 0 unspecified atom stereocenters. The molecule has 1 aliphatic heterocycles. The molecule has 1 saturated heterocycles. The minimum absolute atomic E-state index is 0.272. The molecule has 1 fully saturated rings. The van der Waals surface area contributed by atoms with Crippen molar-refractivity contribution in [3.8, 4) is 17.6 Å². The Labute approximate surface area is 166 Å². The Morgan fingerprint density at radius 1 is 1.14 bits per heavy atom. The van der Waals surface area contributed by atoms with Crippen molar-refractivity contribution in [2.45, 2.75) is 38.8 Å². The smallest absolute Gasteiger partial charge is 0.319 e. The van der Waals surface area contributed by atoms with Crippen molar-refractivity contribution >= 4 is 0 Å². The Balaban J connectivity index is 1.70. The summed E-state index contributed by atoms with van der Waals surface area (Å²) in [7, 11) is 1.68. The third-order valence-corrected chi connectivity index (χ3v) is 5.01. The van der Waals surface area contributed by atoms with E-state index in [1.165, 1.54) is 5.56 Å². The minimum atomic E-state index is -1.000. The predicted molar refractivity (Wildman–Crippen MR) is 106 cm³/mol. The van der Waals surface area contributed by atoms with Crippen molar-refractivity contribution in [3.05, 3.63) is 41.6 Å². The van der Waals surface area contributed by atoms with Gasteiger partial charge in [-0.25, -0.2) is 4.98 Å². The third-order valence-electron chi connectivity index (χ3n) is 5.01. The largest absolute Gasteiger partial charge is 0.497 e. The third kappa shape index (κ3) is 4.72. The van der Waals surface area contributed by atoms with Crippen LogP contribution in [0.15, 0.2) is 30.5 Å². The summed E-state index contributed by atoms with van der Waals surface area (Å²) in [6.07, 6.45) is 2.82. The van der Waals surface area contributed by atoms with E-state index in [-0.39, 0.29) is 6.01 Å². The zero-order valence-corrected chi connectivity index (χ0v) is 16.9. The molecule has 0 amide bonds. The molecular formula is C21H29N3O4. The van der Waals surface area contributed by atoms with Gasteiger partial charge in [0.05, 0.1) is 31.5 Å². The number of methoxy groups -OCH3 is 1. The lowest BCUT2D eigenvalue weighted by atomic mass is 9.85. The van der Waals surface area contributed by atoms with Crippen LogP contribution in [0.4, 0.5) is 0 Å². The van der Waals surface area contributed by atoms with Crippen LogP contribution in [-0.2, 0) is 12.1 Å². The summed E-state index contributed by atoms with van der Waals surface area (Å²) in [5, 5.41) is 11.3. The second kappa shape index (κ2) is 9.21. The van der Waals surface area contributed by atoms with E-state index in [1.54, 1.807) is 13.3 Å². The second-order valence-electron chi connectivity index (χ2n) is 6.90. The van der Waals surface area contributed by atoms with Crippen LogP contribution >= 0.6 is 0 Å². The van der Waals surface area contributed by atoms with E-state index in [0.29, 0.717) is 37.5 Å². The summed E-state index contributed by atoms with van der Waals surface area (Å²) >= 11 is 0. The number of aliphatic hydroxyl groups is 1. The zero-order valence-electron chi connectivity index (χ0n) is 16.9. The lowest BCUT2D eigenvalue weighted by Crippen LogP contribution is -2.42. The van der Waals surface area contributed by atoms with Gasteiger partial charge in [0.15, 0.2) is 0 Å². The first kappa shape index (κ1) is 20.4. The average Bonchev–Trinajstić information content (AvgIpc) is 2.71. The van der Waals surface area contributed by atoms with Crippen molar-refractivity contribution in [1.82, 2.24) is 14.9 Å². The van der Waals surface area contributed by atoms with E-state index in [1.807, 2.05) is 32.0 Å². The maximum atomic E-state index is 11.3. The molecule has 2 heterocycles. The number of nitrogens with zero attached hydrogens (tertiary/aromatic N) is 3. The number of aromatic nitrogens is 2. The number of benzene rings is 1. The van der Waals surface area contributed by atoms with Gasteiger partial charge in [-0.15, -0.1) is 0 Å². The molecule has 28 heavy (non-hydrogen) atoms. The van der Waals surface area contributed by atoms with Gasteiger partial charge in [0, 0.05) is 25.8 Å². The molecule has 0 bridgehead atoms. The van der Waals surface area contributed by atoms with Crippen LogP contribution in [0.5, 0.6) is 17.6 Å². The van der Waals surface area contributed by atoms with Crippen molar-refractivity contribution in [2.24, 2.45) is 0 Å². The lowest BCUT2D eigenvalue weighted by Gasteiger charge is -2.38. The molecular weight excluding hydrogens is 358 g/mol. The summed E-state index contributed by atoms with van der Waals surface area (Å²) in [5.74, 6) is 1.27. The summed E-state index contributed by atoms with van der Waals surface area (Å²) < 4.78 is 16.3. The molecule has 1 aliphatic rings. The standard InChI is InChI=1S/C21H29N3O4/c1-4-27-19-18(14-22-20(23-19)28-5-2)21(25)9-11-24(12-10-21)15-16-7-6-8-17(13-16)26-3/h6-8,13-14,25H,4-5,9-12,15H2,1-3H3. The van der Waals surface area contributed by atoms with Crippen LogP contribution in [-0.4, -0.2) is 53.4 Å². The molecule has 0 saturated carbocycles. The maximum Gasteiger partial charge on any atom is 0.319 e. The Hall–Kier alpha value is -2.38. The van der Waals surface area contributed by atoms with Crippen molar-refractivity contribution in [1.29, 1.82) is 0 Å². The predicted octanol–water partition coefficient (Wildman–Crippen LogP) is 2.77. The van der Waals surface area contributed by atoms with Crippen LogP contribution in [0.1, 0.15) is 37.8 Å². The second-order valence-corrected chi connectivity index (χ2v) is 6.90. The zero-order chi connectivity index (χ0) is 20.0. The molecule has 1 N–H and O–H groups in total. The molecule has 0 spiro atoms. The van der Waals surface area contributed by atoms with Crippen molar-refractivity contribution in [2.75, 3.05) is 33.4 Å². The Kier molecular flexibility index (Phi) is 6.70. The molecule has 3 rings (SSSR count). The highest BCUT2D eigenvalue weighted by Gasteiger charge is 2.37. The first-order valence-electron chi connectivity index (χ1n) is 9.78. The minimum Gasteiger partial charge on any atom is -0.497 e. The fourth-order valence-electron chi connectivity index (χ4n) is 3.49. The van der Waals surface area contributed by atoms with Gasteiger partial charge in [-0.1, -0.05) is 12.1 Å². The fraction of sp³-hybridized carbons (Fsp3) is 0.524. The van der Waals surface area contributed by atoms with Gasteiger partial charge in [0.25, 0.3) is 0 Å². The maximum absolute atomic E-state index is 11.3. The fourth-order valence-corrected chi connectivity index (χ4v) is 3.49. The molecule has 1 aromatic heterocycles. The highest BCUT2D eigenvalue weighted by molar-refractivity contribution is 5.32. The average molecular weight is 387 g/mol. The Bertz CT molecular complexity index is 776. The Morgan fingerprint density at radius 3 is 2.57 bits per heavy atom. The first-order chi connectivity index (χ1) is 13.6. The molecule has 7 heteroatoms. The SMILES string of the molecule is CCOc1ncc(C2(O)CCN(Cc3cccc(OC)c3)CC2)c(OCC)n1. The van der Waals surface area contributed by atoms with Crippen LogP contribution in [0.2, 0.25) is 0 Å². The topological polar surface area (TPSA) is 76.9 Å². The van der Waals surface area contributed by atoms with E-state index >= 15 is 0 Å². The van der Waals surface area contributed by atoms with Gasteiger partial charge in [-0.3, -0.25) is 4.90 Å². The van der Waals surface area contributed by atoms with Gasteiger partial charge in [-0.2, -0.15) is 4.98 Å². The molecule has 0 radical (unpaired) electrons. The molecule has 0 atom stereocenters. The van der Waals surface area contributed by atoms with Crippen molar-refractivity contribution < 1.29 is 19.3 Å². The quantitative estimate of drug-likeness (QED) is 0.746. The van der Waals surface area contributed by atoms with Crippen molar-refractivity contribution in [3.63, 3.8) is 0 Å². The van der Waals surface area contributed by atoms with E-state index in [9.17, 15) is 5.11 Å². The molecule has 0 aliphatic carbocycles. The number of hydrogen-bond donors (Lipinski definition) is 1. The van der Waals surface area contributed by atoms with E-state index in [4.69, 9.17) is 14.2 Å². The highest BCUT2D eigenvalue weighted by atomic mass is 16.5. The number of rotatable bonds is 8. The van der Waals surface area contributed by atoms with Crippen LogP contribution in [0.25, 0.3) is 0 Å². The highest BCUT2D eigenvalue weighted by Crippen LogP contribution is 2.38. The summed E-state index contributed by atoms with van der Waals surface area (Å²) in [6.45, 7) is 7.09. The molecule has 7 nitrogen and oxygen atoms in total.